The van der Waals surface area contributed by atoms with Crippen molar-refractivity contribution in [3.63, 3.8) is 0 Å². The van der Waals surface area contributed by atoms with Gasteiger partial charge in [-0.25, -0.2) is 4.79 Å². The fraction of sp³-hybridized carbons (Fsp3) is 0.766. The Morgan fingerprint density at radius 3 is 1.49 bits per heavy atom. The maximum atomic E-state index is 12.7. The Morgan fingerprint density at radius 1 is 0.545 bits per heavy atom. The van der Waals surface area contributed by atoms with Crippen LogP contribution in [0.2, 0.25) is 0 Å². The average molecular weight is 775 g/mol. The molecule has 318 valence electrons. The number of unbranched alkanes of at least 4 members (excludes halogenated alkanes) is 17. The van der Waals surface area contributed by atoms with Gasteiger partial charge in [-0.3, -0.25) is 9.59 Å². The third-order valence-corrected chi connectivity index (χ3v) is 9.70. The Kier molecular flexibility index (Phi) is 36.3. The summed E-state index contributed by atoms with van der Waals surface area (Å²) in [5.41, 5.74) is 0. The third kappa shape index (κ3) is 36.7. The van der Waals surface area contributed by atoms with Gasteiger partial charge in [0.25, 0.3) is 0 Å². The van der Waals surface area contributed by atoms with Crippen LogP contribution in [0.15, 0.2) is 48.6 Å². The zero-order valence-corrected chi connectivity index (χ0v) is 36.1. The second-order valence-corrected chi connectivity index (χ2v) is 15.9. The Bertz CT molecular complexity index is 1040. The normalized spacial score (nSPS) is 13.4. The third-order valence-electron chi connectivity index (χ3n) is 9.70. The first-order valence-corrected chi connectivity index (χ1v) is 22.2. The number of allylic oxidation sites excluding steroid dienone is 8. The van der Waals surface area contributed by atoms with E-state index in [1.54, 1.807) is 0 Å². The summed E-state index contributed by atoms with van der Waals surface area (Å²) < 4.78 is 17.2. The van der Waals surface area contributed by atoms with Crippen LogP contribution in [0.4, 0.5) is 0 Å². The number of hydrogen-bond acceptors (Lipinski definition) is 6. The van der Waals surface area contributed by atoms with Gasteiger partial charge in [-0.05, 0) is 70.6 Å². The Labute approximate surface area is 337 Å². The van der Waals surface area contributed by atoms with Gasteiger partial charge in [0.15, 0.2) is 12.1 Å². The van der Waals surface area contributed by atoms with E-state index in [4.69, 9.17) is 14.2 Å². The monoisotopic (exact) mass is 775 g/mol. The molecule has 0 saturated carbocycles. The molecule has 8 nitrogen and oxygen atoms in total. The molecule has 0 aromatic heterocycles. The number of quaternary nitrogens is 1. The lowest BCUT2D eigenvalue weighted by Gasteiger charge is -2.31. The molecular weight excluding hydrogens is 691 g/mol. The number of carbonyl (C=O) groups is 3. The topological polar surface area (TPSA) is 99.1 Å². The molecule has 0 aliphatic carbocycles. The van der Waals surface area contributed by atoms with Crippen LogP contribution >= 0.6 is 0 Å². The van der Waals surface area contributed by atoms with Crippen molar-refractivity contribution in [2.24, 2.45) is 0 Å². The number of ether oxygens (including phenoxy) is 3. The van der Waals surface area contributed by atoms with E-state index in [0.29, 0.717) is 19.3 Å². The molecule has 0 amide bonds. The molecule has 0 heterocycles. The van der Waals surface area contributed by atoms with E-state index in [0.717, 1.165) is 51.4 Å². The second kappa shape index (κ2) is 38.2. The minimum atomic E-state index is -0.885. The highest BCUT2D eigenvalue weighted by Gasteiger charge is 2.31. The summed E-state index contributed by atoms with van der Waals surface area (Å²) in [5.74, 6) is -1.56. The number of rotatable bonds is 39. The van der Waals surface area contributed by atoms with E-state index in [1.165, 1.54) is 89.9 Å². The molecule has 2 atom stereocenters. The lowest BCUT2D eigenvalue weighted by Crippen LogP contribution is -2.50. The predicted octanol–water partition coefficient (Wildman–Crippen LogP) is 12.0. The lowest BCUT2D eigenvalue weighted by atomic mass is 10.1. The Hall–Kier alpha value is -2.71. The molecule has 0 rings (SSSR count). The maximum absolute atomic E-state index is 12.7. The van der Waals surface area contributed by atoms with Gasteiger partial charge in [0, 0.05) is 19.3 Å². The molecule has 0 aliphatic heterocycles. The largest absolute Gasteiger partial charge is 0.477 e. The number of nitrogens with zero attached hydrogens (tertiary/aromatic N) is 1. The highest BCUT2D eigenvalue weighted by atomic mass is 16.6. The molecule has 55 heavy (non-hydrogen) atoms. The van der Waals surface area contributed by atoms with E-state index in [1.807, 2.05) is 21.1 Å². The van der Waals surface area contributed by atoms with Crippen molar-refractivity contribution in [1.29, 1.82) is 0 Å². The van der Waals surface area contributed by atoms with E-state index in [9.17, 15) is 19.5 Å². The maximum Gasteiger partial charge on any atom is 0.362 e. The molecule has 0 aromatic carbocycles. The van der Waals surface area contributed by atoms with Gasteiger partial charge in [0.2, 0.25) is 0 Å². The van der Waals surface area contributed by atoms with Crippen LogP contribution < -0.4 is 0 Å². The van der Waals surface area contributed by atoms with Gasteiger partial charge >= 0.3 is 17.9 Å². The number of carbonyl (C=O) groups excluding carboxylic acids is 2. The van der Waals surface area contributed by atoms with Crippen molar-refractivity contribution in [2.45, 2.75) is 193 Å². The van der Waals surface area contributed by atoms with Gasteiger partial charge < -0.3 is 23.8 Å². The summed E-state index contributed by atoms with van der Waals surface area (Å²) in [6, 6.07) is -0.625. The number of esters is 2. The molecule has 8 heteroatoms. The van der Waals surface area contributed by atoms with Crippen LogP contribution in [-0.2, 0) is 28.6 Å². The van der Waals surface area contributed by atoms with Crippen molar-refractivity contribution < 1.29 is 38.2 Å². The number of carboxylic acid groups (broad SMARTS) is 1. The molecule has 0 spiro atoms. The first-order valence-electron chi connectivity index (χ1n) is 22.2. The lowest BCUT2D eigenvalue weighted by molar-refractivity contribution is -0.887. The zero-order chi connectivity index (χ0) is 40.7. The standard InChI is InChI=1S/C47H83NO7/c1-6-8-10-12-14-16-18-20-22-23-24-26-28-30-32-34-36-38-46(50)55-43(41-53-40-39-44(47(51)52)48(3,4)5)42-54-45(49)37-35-33-31-29-27-25-21-19-17-15-13-11-9-7-2/h20,22,24-27,30,32,43-44H,6-19,21,23,28-29,31,33-42H2,1-5H3/p+1/b22-20+,26-24+,27-25+,32-30+. The van der Waals surface area contributed by atoms with Gasteiger partial charge in [-0.1, -0.05) is 140 Å². The van der Waals surface area contributed by atoms with Crippen LogP contribution in [-0.4, -0.2) is 80.6 Å². The minimum absolute atomic E-state index is 0.0359. The van der Waals surface area contributed by atoms with Gasteiger partial charge in [-0.2, -0.15) is 0 Å². The quantitative estimate of drug-likeness (QED) is 0.0287. The summed E-state index contributed by atoms with van der Waals surface area (Å²) in [4.78, 5) is 36.9. The summed E-state index contributed by atoms with van der Waals surface area (Å²) in [6.45, 7) is 4.65. The van der Waals surface area contributed by atoms with Gasteiger partial charge in [-0.15, -0.1) is 0 Å². The summed E-state index contributed by atoms with van der Waals surface area (Å²) in [7, 11) is 5.50. The van der Waals surface area contributed by atoms with Crippen molar-refractivity contribution in [3.05, 3.63) is 48.6 Å². The molecule has 0 fully saturated rings. The first-order chi connectivity index (χ1) is 26.6. The molecule has 1 N–H and O–H groups in total. The predicted molar refractivity (Wildman–Crippen MR) is 229 cm³/mol. The number of carboxylic acids is 1. The van der Waals surface area contributed by atoms with Crippen molar-refractivity contribution in [2.75, 3.05) is 41.0 Å². The molecule has 0 aliphatic rings. The van der Waals surface area contributed by atoms with E-state index in [2.05, 4.69) is 62.5 Å². The van der Waals surface area contributed by atoms with Crippen molar-refractivity contribution in [3.8, 4) is 0 Å². The zero-order valence-electron chi connectivity index (χ0n) is 36.1. The van der Waals surface area contributed by atoms with Crippen molar-refractivity contribution >= 4 is 17.9 Å². The molecule has 0 bridgehead atoms. The molecule has 0 aromatic rings. The van der Waals surface area contributed by atoms with E-state index < -0.39 is 18.1 Å². The highest BCUT2D eigenvalue weighted by Crippen LogP contribution is 2.12. The minimum Gasteiger partial charge on any atom is -0.477 e. The highest BCUT2D eigenvalue weighted by molar-refractivity contribution is 5.72. The fourth-order valence-corrected chi connectivity index (χ4v) is 6.22. The number of aliphatic carboxylic acids is 1. The van der Waals surface area contributed by atoms with Crippen LogP contribution in [0.3, 0.4) is 0 Å². The molecule has 2 unspecified atom stereocenters. The van der Waals surface area contributed by atoms with E-state index in [-0.39, 0.29) is 42.7 Å². The Balaban J connectivity index is 4.46. The summed E-state index contributed by atoms with van der Waals surface area (Å²) in [5, 5.41) is 9.61. The van der Waals surface area contributed by atoms with Gasteiger partial charge in [0.05, 0.1) is 34.4 Å². The Morgan fingerprint density at radius 2 is 0.982 bits per heavy atom. The van der Waals surface area contributed by atoms with Crippen LogP contribution in [0.5, 0.6) is 0 Å². The second-order valence-electron chi connectivity index (χ2n) is 15.9. The fourth-order valence-electron chi connectivity index (χ4n) is 6.22. The SMILES string of the molecule is CCCCCCCC/C=C/C/C=C/C/C=C/CCCC(=O)OC(COCCC(C(=O)O)[N+](C)(C)C)COC(=O)CCCCC/C=C/CCCCCCCCC. The smallest absolute Gasteiger partial charge is 0.362 e. The molecule has 0 saturated heterocycles. The number of hydrogen-bond donors (Lipinski definition) is 1. The molecule has 0 radical (unpaired) electrons. The van der Waals surface area contributed by atoms with Gasteiger partial charge in [0.1, 0.15) is 6.61 Å². The number of likely N-dealkylation sites (N-methyl/N-ethyl adjacent to an activating group) is 1. The van der Waals surface area contributed by atoms with E-state index >= 15 is 0 Å². The first kappa shape index (κ1) is 52.3. The van der Waals surface area contributed by atoms with Crippen LogP contribution in [0.1, 0.15) is 181 Å². The average Bonchev–Trinajstić information content (AvgIpc) is 3.14. The summed E-state index contributed by atoms with van der Waals surface area (Å²) in [6.07, 6.45) is 44.5. The van der Waals surface area contributed by atoms with Crippen LogP contribution in [0.25, 0.3) is 0 Å². The molecular formula is C47H84NO7+. The summed E-state index contributed by atoms with van der Waals surface area (Å²) >= 11 is 0. The van der Waals surface area contributed by atoms with Crippen molar-refractivity contribution in [1.82, 2.24) is 0 Å². The van der Waals surface area contributed by atoms with Crippen LogP contribution in [0, 0.1) is 0 Å².